The molecule has 0 aromatic heterocycles. The van der Waals surface area contributed by atoms with Gasteiger partial charge in [0.15, 0.2) is 5.78 Å². The maximum Gasteiger partial charge on any atom is 0.210 e. The van der Waals surface area contributed by atoms with Crippen LogP contribution in [-0.2, 0) is 14.3 Å². The smallest absolute Gasteiger partial charge is 0.210 e. The number of ether oxygens (including phenoxy) is 1. The molecular formula is C10H19NO3. The summed E-state index contributed by atoms with van der Waals surface area (Å²) in [7, 11) is 1.71. The van der Waals surface area contributed by atoms with Gasteiger partial charge >= 0.3 is 0 Å². The number of hydrogen-bond acceptors (Lipinski definition) is 3. The molecule has 1 amide bonds. The number of ketones is 1. The molecule has 82 valence electrons. The summed E-state index contributed by atoms with van der Waals surface area (Å²) in [5.74, 6) is 0.164. The summed E-state index contributed by atoms with van der Waals surface area (Å²) < 4.78 is 4.94. The Morgan fingerprint density at radius 3 is 2.07 bits per heavy atom. The molecule has 4 heteroatoms. The maximum absolute atomic E-state index is 10.4. The highest BCUT2D eigenvalue weighted by molar-refractivity contribution is 5.84. The Balaban J connectivity index is 0.000000255. The molecule has 0 saturated carbocycles. The van der Waals surface area contributed by atoms with Crippen molar-refractivity contribution in [3.8, 4) is 0 Å². The number of hydrogen-bond donors (Lipinski definition) is 0. The van der Waals surface area contributed by atoms with E-state index in [1.165, 1.54) is 4.90 Å². The van der Waals surface area contributed by atoms with Crippen LogP contribution in [0.5, 0.6) is 0 Å². The lowest BCUT2D eigenvalue weighted by atomic mass is 10.2. The van der Waals surface area contributed by atoms with Gasteiger partial charge in [-0.3, -0.25) is 9.59 Å². The van der Waals surface area contributed by atoms with Gasteiger partial charge in [-0.15, -0.1) is 0 Å². The minimum absolute atomic E-state index is 0.0417. The van der Waals surface area contributed by atoms with Crippen molar-refractivity contribution in [2.24, 2.45) is 0 Å². The SMILES string of the molecule is COC(C)(C)C.O=CN1CCC(=O)C1. The van der Waals surface area contributed by atoms with Gasteiger partial charge in [0.25, 0.3) is 0 Å². The minimum atomic E-state index is 0.0417. The summed E-state index contributed by atoms with van der Waals surface area (Å²) >= 11 is 0. The lowest BCUT2D eigenvalue weighted by molar-refractivity contribution is -0.121. The Morgan fingerprint density at radius 2 is 1.93 bits per heavy atom. The molecule has 0 aliphatic carbocycles. The average Bonchev–Trinajstić information content (AvgIpc) is 2.51. The Labute approximate surface area is 85.2 Å². The summed E-state index contributed by atoms with van der Waals surface area (Å²) in [6.07, 6.45) is 1.25. The van der Waals surface area contributed by atoms with Crippen LogP contribution in [0.25, 0.3) is 0 Å². The third-order valence-corrected chi connectivity index (χ3v) is 1.82. The van der Waals surface area contributed by atoms with Gasteiger partial charge in [-0.2, -0.15) is 0 Å². The fourth-order valence-electron chi connectivity index (χ4n) is 0.743. The predicted octanol–water partition coefficient (Wildman–Crippen LogP) is 0.849. The third-order valence-electron chi connectivity index (χ3n) is 1.82. The third kappa shape index (κ3) is 6.60. The summed E-state index contributed by atoms with van der Waals surface area (Å²) in [5.41, 5.74) is 0.0417. The number of nitrogens with zero attached hydrogens (tertiary/aromatic N) is 1. The number of carbonyl (C=O) groups is 2. The monoisotopic (exact) mass is 201 g/mol. The van der Waals surface area contributed by atoms with Crippen molar-refractivity contribution in [2.75, 3.05) is 20.2 Å². The molecule has 1 saturated heterocycles. The average molecular weight is 201 g/mol. The van der Waals surface area contributed by atoms with E-state index in [0.29, 0.717) is 25.9 Å². The van der Waals surface area contributed by atoms with Gasteiger partial charge in [-0.1, -0.05) is 0 Å². The van der Waals surface area contributed by atoms with Crippen molar-refractivity contribution >= 4 is 12.2 Å². The van der Waals surface area contributed by atoms with Gasteiger partial charge < -0.3 is 9.64 Å². The molecule has 1 heterocycles. The number of likely N-dealkylation sites (tertiary alicyclic amines) is 1. The zero-order valence-electron chi connectivity index (χ0n) is 9.37. The molecule has 14 heavy (non-hydrogen) atoms. The van der Waals surface area contributed by atoms with Gasteiger partial charge in [0.2, 0.25) is 6.41 Å². The van der Waals surface area contributed by atoms with E-state index in [2.05, 4.69) is 0 Å². The number of rotatable bonds is 1. The van der Waals surface area contributed by atoms with Crippen LogP contribution in [-0.4, -0.2) is 42.9 Å². The fraction of sp³-hybridized carbons (Fsp3) is 0.800. The summed E-state index contributed by atoms with van der Waals surface area (Å²) in [6.45, 7) is 7.00. The Bertz CT molecular complexity index is 196. The van der Waals surface area contributed by atoms with Gasteiger partial charge in [0.05, 0.1) is 12.1 Å². The van der Waals surface area contributed by atoms with Crippen molar-refractivity contribution < 1.29 is 14.3 Å². The highest BCUT2D eigenvalue weighted by atomic mass is 16.5. The molecule has 4 nitrogen and oxygen atoms in total. The molecular weight excluding hydrogens is 182 g/mol. The van der Waals surface area contributed by atoms with E-state index < -0.39 is 0 Å². The van der Waals surface area contributed by atoms with Crippen LogP contribution in [0.1, 0.15) is 27.2 Å². The molecule has 0 atom stereocenters. The van der Waals surface area contributed by atoms with E-state index in [-0.39, 0.29) is 11.4 Å². The predicted molar refractivity (Wildman–Crippen MR) is 54.0 cm³/mol. The highest BCUT2D eigenvalue weighted by Gasteiger charge is 2.16. The van der Waals surface area contributed by atoms with Crippen LogP contribution in [0.3, 0.4) is 0 Å². The van der Waals surface area contributed by atoms with Crippen LogP contribution in [0, 0.1) is 0 Å². The second-order valence-corrected chi connectivity index (χ2v) is 4.18. The van der Waals surface area contributed by atoms with E-state index in [1.807, 2.05) is 20.8 Å². The molecule has 1 aliphatic heterocycles. The van der Waals surface area contributed by atoms with Gasteiger partial charge in [0, 0.05) is 20.1 Å². The fourth-order valence-corrected chi connectivity index (χ4v) is 0.743. The van der Waals surface area contributed by atoms with Crippen molar-refractivity contribution in [3.05, 3.63) is 0 Å². The van der Waals surface area contributed by atoms with Gasteiger partial charge in [0.1, 0.15) is 0 Å². The first-order valence-corrected chi connectivity index (χ1v) is 4.65. The van der Waals surface area contributed by atoms with Crippen LogP contribution >= 0.6 is 0 Å². The lowest BCUT2D eigenvalue weighted by Crippen LogP contribution is -2.17. The highest BCUT2D eigenvalue weighted by Crippen LogP contribution is 2.02. The van der Waals surface area contributed by atoms with Gasteiger partial charge in [-0.25, -0.2) is 0 Å². The number of methoxy groups -OCH3 is 1. The number of amides is 1. The quantitative estimate of drug-likeness (QED) is 0.591. The number of Topliss-reactive ketones (excluding diaryl/α,β-unsaturated/α-hetero) is 1. The van der Waals surface area contributed by atoms with E-state index >= 15 is 0 Å². The minimum Gasteiger partial charge on any atom is -0.379 e. The molecule has 0 unspecified atom stereocenters. The first-order valence-electron chi connectivity index (χ1n) is 4.65. The second kappa shape index (κ2) is 5.75. The van der Waals surface area contributed by atoms with Crippen molar-refractivity contribution in [1.29, 1.82) is 0 Å². The first-order chi connectivity index (χ1) is 6.39. The molecule has 1 aliphatic rings. The lowest BCUT2D eigenvalue weighted by Gasteiger charge is -2.14. The van der Waals surface area contributed by atoms with E-state index in [0.717, 1.165) is 0 Å². The molecule has 0 aromatic carbocycles. The molecule has 1 rings (SSSR count). The van der Waals surface area contributed by atoms with Gasteiger partial charge in [-0.05, 0) is 20.8 Å². The zero-order chi connectivity index (χ0) is 11.2. The second-order valence-electron chi connectivity index (χ2n) is 4.18. The summed E-state index contributed by atoms with van der Waals surface area (Å²) in [6, 6.07) is 0. The first kappa shape index (κ1) is 13.1. The Hall–Kier alpha value is -0.900. The largest absolute Gasteiger partial charge is 0.379 e. The van der Waals surface area contributed by atoms with Crippen molar-refractivity contribution in [2.45, 2.75) is 32.8 Å². The van der Waals surface area contributed by atoms with Crippen LogP contribution < -0.4 is 0 Å². The van der Waals surface area contributed by atoms with E-state index in [9.17, 15) is 9.59 Å². The standard InChI is InChI=1S/C5H7NO2.C5H12O/c7-4-6-2-1-5(8)3-6;1-5(2,3)6-4/h4H,1-3H2;1-4H3. The summed E-state index contributed by atoms with van der Waals surface area (Å²) in [5, 5.41) is 0. The van der Waals surface area contributed by atoms with E-state index in [4.69, 9.17) is 4.74 Å². The van der Waals surface area contributed by atoms with Crippen LogP contribution in [0.4, 0.5) is 0 Å². The molecule has 0 spiro atoms. The summed E-state index contributed by atoms with van der Waals surface area (Å²) in [4.78, 5) is 21.8. The topological polar surface area (TPSA) is 46.6 Å². The Morgan fingerprint density at radius 1 is 1.43 bits per heavy atom. The molecule has 0 bridgehead atoms. The normalized spacial score (nSPS) is 16.3. The molecule has 0 N–H and O–H groups in total. The molecule has 0 radical (unpaired) electrons. The van der Waals surface area contributed by atoms with Crippen molar-refractivity contribution in [1.82, 2.24) is 4.90 Å². The van der Waals surface area contributed by atoms with Crippen LogP contribution in [0.2, 0.25) is 0 Å². The molecule has 0 aromatic rings. The van der Waals surface area contributed by atoms with E-state index in [1.54, 1.807) is 7.11 Å². The van der Waals surface area contributed by atoms with Crippen LogP contribution in [0.15, 0.2) is 0 Å². The molecule has 1 fully saturated rings. The number of carbonyl (C=O) groups excluding carboxylic acids is 2. The maximum atomic E-state index is 10.4. The van der Waals surface area contributed by atoms with Crippen molar-refractivity contribution in [3.63, 3.8) is 0 Å². The Kier molecular flexibility index (Phi) is 5.38. The zero-order valence-corrected chi connectivity index (χ0v) is 9.37.